The minimum absolute atomic E-state index is 0.00282. The van der Waals surface area contributed by atoms with Gasteiger partial charge in [0.05, 0.1) is 18.9 Å². The van der Waals surface area contributed by atoms with Crippen molar-refractivity contribution in [1.82, 2.24) is 9.55 Å². The zero-order chi connectivity index (χ0) is 17.0. The first-order valence-corrected chi connectivity index (χ1v) is 8.89. The molecule has 0 radical (unpaired) electrons. The molecule has 0 aliphatic heterocycles. The first-order valence-electron chi connectivity index (χ1n) is 7.32. The van der Waals surface area contributed by atoms with Crippen molar-refractivity contribution in [3.05, 3.63) is 39.8 Å². The summed E-state index contributed by atoms with van der Waals surface area (Å²) in [5, 5.41) is 11.1. The SMILES string of the molecule is Cc1nc(C(C)C)c(Sc2cc(Cl)cc(Cl)c2)n1COCCO. The van der Waals surface area contributed by atoms with Crippen LogP contribution in [0.2, 0.25) is 10.0 Å². The van der Waals surface area contributed by atoms with Gasteiger partial charge >= 0.3 is 0 Å². The maximum absolute atomic E-state index is 8.89. The molecule has 7 heteroatoms. The molecule has 2 rings (SSSR count). The number of imidazole rings is 1. The Balaban J connectivity index is 2.37. The number of aryl methyl sites for hydroxylation is 1. The Hall–Kier alpha value is -0.720. The highest BCUT2D eigenvalue weighted by Gasteiger charge is 2.19. The fourth-order valence-corrected chi connectivity index (χ4v) is 4.05. The minimum atomic E-state index is -0.00282. The second-order valence-electron chi connectivity index (χ2n) is 5.40. The molecular weight excluding hydrogens is 355 g/mol. The predicted octanol–water partition coefficient (Wildman–Crippen LogP) is 4.74. The molecule has 0 aliphatic carbocycles. The molecule has 1 aromatic heterocycles. The lowest BCUT2D eigenvalue weighted by molar-refractivity contribution is 0.0432. The zero-order valence-corrected chi connectivity index (χ0v) is 15.7. The molecule has 126 valence electrons. The molecule has 1 N–H and O–H groups in total. The second kappa shape index (κ2) is 8.40. The van der Waals surface area contributed by atoms with Crippen molar-refractivity contribution >= 4 is 35.0 Å². The van der Waals surface area contributed by atoms with Gasteiger partial charge in [0.25, 0.3) is 0 Å². The van der Waals surface area contributed by atoms with E-state index >= 15 is 0 Å². The third-order valence-corrected chi connectivity index (χ3v) is 4.72. The maximum atomic E-state index is 8.89. The predicted molar refractivity (Wildman–Crippen MR) is 94.7 cm³/mol. The van der Waals surface area contributed by atoms with Crippen molar-refractivity contribution < 1.29 is 9.84 Å². The van der Waals surface area contributed by atoms with E-state index in [-0.39, 0.29) is 12.5 Å². The number of rotatable bonds is 7. The van der Waals surface area contributed by atoms with Crippen molar-refractivity contribution in [1.29, 1.82) is 0 Å². The number of hydrogen-bond acceptors (Lipinski definition) is 4. The van der Waals surface area contributed by atoms with Gasteiger partial charge in [-0.3, -0.25) is 4.57 Å². The molecule has 23 heavy (non-hydrogen) atoms. The van der Waals surface area contributed by atoms with E-state index in [4.69, 9.17) is 33.0 Å². The van der Waals surface area contributed by atoms with Gasteiger partial charge in [-0.25, -0.2) is 4.98 Å². The Bertz CT molecular complexity index is 654. The summed E-state index contributed by atoms with van der Waals surface area (Å²) < 4.78 is 7.48. The molecule has 0 bridgehead atoms. The number of hydrogen-bond donors (Lipinski definition) is 1. The Morgan fingerprint density at radius 3 is 2.48 bits per heavy atom. The summed E-state index contributed by atoms with van der Waals surface area (Å²) >= 11 is 13.8. The summed E-state index contributed by atoms with van der Waals surface area (Å²) in [6.45, 7) is 6.80. The maximum Gasteiger partial charge on any atom is 0.125 e. The van der Waals surface area contributed by atoms with Gasteiger partial charge in [0.1, 0.15) is 17.6 Å². The van der Waals surface area contributed by atoms with Crippen LogP contribution < -0.4 is 0 Å². The second-order valence-corrected chi connectivity index (χ2v) is 7.34. The van der Waals surface area contributed by atoms with E-state index in [1.807, 2.05) is 23.6 Å². The third-order valence-electron chi connectivity index (χ3n) is 3.19. The van der Waals surface area contributed by atoms with Gasteiger partial charge in [0.2, 0.25) is 0 Å². The lowest BCUT2D eigenvalue weighted by Gasteiger charge is -2.13. The molecular formula is C16H20Cl2N2O2S. The van der Waals surface area contributed by atoms with E-state index in [2.05, 4.69) is 18.8 Å². The average Bonchev–Trinajstić information content (AvgIpc) is 2.75. The average molecular weight is 375 g/mol. The van der Waals surface area contributed by atoms with Crippen LogP contribution in [0.15, 0.2) is 28.1 Å². The lowest BCUT2D eigenvalue weighted by Crippen LogP contribution is -2.08. The minimum Gasteiger partial charge on any atom is -0.394 e. The molecule has 0 amide bonds. The van der Waals surface area contributed by atoms with E-state index in [0.29, 0.717) is 23.4 Å². The fraction of sp³-hybridized carbons (Fsp3) is 0.438. The number of nitrogens with zero attached hydrogens (tertiary/aromatic N) is 2. The van der Waals surface area contributed by atoms with E-state index in [1.54, 1.807) is 17.8 Å². The van der Waals surface area contributed by atoms with E-state index < -0.39 is 0 Å². The summed E-state index contributed by atoms with van der Waals surface area (Å²) in [6.07, 6.45) is 0. The standard InChI is InChI=1S/C16H20Cl2N2O2S/c1-10(2)15-16(20(11(3)19-15)9-22-5-4-21)23-14-7-12(17)6-13(18)8-14/h6-8,10,21H,4-5,9H2,1-3H3. The highest BCUT2D eigenvalue weighted by Crippen LogP contribution is 2.37. The van der Waals surface area contributed by atoms with Crippen LogP contribution in [0.25, 0.3) is 0 Å². The molecule has 1 aromatic carbocycles. The summed E-state index contributed by atoms with van der Waals surface area (Å²) in [4.78, 5) is 5.62. The van der Waals surface area contributed by atoms with Crippen LogP contribution in [-0.4, -0.2) is 27.9 Å². The fourth-order valence-electron chi connectivity index (χ4n) is 2.12. The molecule has 0 saturated carbocycles. The number of aromatic nitrogens is 2. The highest BCUT2D eigenvalue weighted by molar-refractivity contribution is 7.99. The number of ether oxygens (including phenoxy) is 1. The summed E-state index contributed by atoms with van der Waals surface area (Å²) in [5.74, 6) is 1.16. The quantitative estimate of drug-likeness (QED) is 0.710. The van der Waals surface area contributed by atoms with Crippen LogP contribution in [0.3, 0.4) is 0 Å². The molecule has 0 aliphatic rings. The van der Waals surface area contributed by atoms with Gasteiger partial charge in [0, 0.05) is 14.9 Å². The van der Waals surface area contributed by atoms with Crippen molar-refractivity contribution in [3.63, 3.8) is 0 Å². The Labute approximate surface area is 150 Å². The lowest BCUT2D eigenvalue weighted by atomic mass is 10.2. The van der Waals surface area contributed by atoms with E-state index in [9.17, 15) is 0 Å². The molecule has 2 aromatic rings. The molecule has 0 fully saturated rings. The van der Waals surface area contributed by atoms with Crippen molar-refractivity contribution in [2.75, 3.05) is 13.2 Å². The molecule has 1 heterocycles. The molecule has 0 saturated heterocycles. The Kier molecular flexibility index (Phi) is 6.80. The van der Waals surface area contributed by atoms with Crippen LogP contribution in [0, 0.1) is 6.92 Å². The monoisotopic (exact) mass is 374 g/mol. The Morgan fingerprint density at radius 2 is 1.91 bits per heavy atom. The molecule has 0 unspecified atom stereocenters. The molecule has 0 spiro atoms. The number of halogens is 2. The van der Waals surface area contributed by atoms with Crippen LogP contribution in [0.5, 0.6) is 0 Å². The number of aliphatic hydroxyl groups is 1. The largest absolute Gasteiger partial charge is 0.394 e. The summed E-state index contributed by atoms with van der Waals surface area (Å²) in [5.41, 5.74) is 1.01. The molecule has 4 nitrogen and oxygen atoms in total. The van der Waals surface area contributed by atoms with E-state index in [0.717, 1.165) is 21.4 Å². The topological polar surface area (TPSA) is 47.3 Å². The van der Waals surface area contributed by atoms with Crippen molar-refractivity contribution in [2.24, 2.45) is 0 Å². The van der Waals surface area contributed by atoms with Gasteiger partial charge in [-0.05, 0) is 31.0 Å². The number of aliphatic hydroxyl groups excluding tert-OH is 1. The van der Waals surface area contributed by atoms with Crippen LogP contribution >= 0.6 is 35.0 Å². The smallest absolute Gasteiger partial charge is 0.125 e. The van der Waals surface area contributed by atoms with Gasteiger partial charge < -0.3 is 9.84 Å². The first-order chi connectivity index (χ1) is 10.9. The van der Waals surface area contributed by atoms with Crippen molar-refractivity contribution in [2.45, 2.75) is 43.3 Å². The third kappa shape index (κ3) is 4.88. The summed E-state index contributed by atoms with van der Waals surface area (Å²) in [7, 11) is 0. The van der Waals surface area contributed by atoms with Gasteiger partial charge in [0.15, 0.2) is 0 Å². The van der Waals surface area contributed by atoms with Gasteiger partial charge in [-0.1, -0.05) is 48.8 Å². The highest BCUT2D eigenvalue weighted by atomic mass is 35.5. The normalized spacial score (nSPS) is 11.4. The van der Waals surface area contributed by atoms with Crippen molar-refractivity contribution in [3.8, 4) is 0 Å². The number of benzene rings is 1. The van der Waals surface area contributed by atoms with Crippen LogP contribution in [0.4, 0.5) is 0 Å². The zero-order valence-electron chi connectivity index (χ0n) is 13.3. The van der Waals surface area contributed by atoms with Gasteiger partial charge in [-0.15, -0.1) is 0 Å². The van der Waals surface area contributed by atoms with Gasteiger partial charge in [-0.2, -0.15) is 0 Å². The first kappa shape index (κ1) is 18.6. The summed E-state index contributed by atoms with van der Waals surface area (Å²) in [6, 6.07) is 5.47. The van der Waals surface area contributed by atoms with Crippen LogP contribution in [-0.2, 0) is 11.5 Å². The molecule has 0 atom stereocenters. The van der Waals surface area contributed by atoms with E-state index in [1.165, 1.54) is 0 Å². The Morgan fingerprint density at radius 1 is 1.26 bits per heavy atom. The van der Waals surface area contributed by atoms with Crippen LogP contribution in [0.1, 0.15) is 31.3 Å².